The first kappa shape index (κ1) is 15.1. The molecule has 0 radical (unpaired) electrons. The van der Waals surface area contributed by atoms with Gasteiger partial charge in [0.05, 0.1) is 0 Å². The number of nitrogens with one attached hydrogen (secondary N) is 1. The Hall–Kier alpha value is -1.49. The van der Waals surface area contributed by atoms with E-state index in [0.29, 0.717) is 11.8 Å². The fourth-order valence-corrected chi connectivity index (χ4v) is 4.86. The number of nitrogens with zero attached hydrogens (tertiary/aromatic N) is 2. The topological polar surface area (TPSA) is 38.7 Å². The van der Waals surface area contributed by atoms with Gasteiger partial charge in [-0.05, 0) is 55.4 Å². The summed E-state index contributed by atoms with van der Waals surface area (Å²) in [6.45, 7) is 3.79. The van der Waals surface area contributed by atoms with E-state index in [2.05, 4.69) is 21.2 Å². The van der Waals surface area contributed by atoms with Crippen LogP contribution in [0.2, 0.25) is 0 Å². The van der Waals surface area contributed by atoms with Gasteiger partial charge in [-0.25, -0.2) is 0 Å². The average Bonchev–Trinajstić information content (AvgIpc) is 3.18. The molecule has 3 aliphatic rings. The van der Waals surface area contributed by atoms with Crippen LogP contribution in [0.3, 0.4) is 0 Å². The van der Waals surface area contributed by atoms with E-state index in [1.807, 2.05) is 12.1 Å². The van der Waals surface area contributed by atoms with Crippen molar-refractivity contribution in [2.75, 3.05) is 31.1 Å². The third kappa shape index (κ3) is 3.11. The number of rotatable bonds is 2. The van der Waals surface area contributed by atoms with Crippen molar-refractivity contribution in [1.82, 2.24) is 10.2 Å². The first-order valence-electron chi connectivity index (χ1n) is 8.78. The molecule has 0 amide bonds. The Morgan fingerprint density at radius 3 is 2.61 bits per heavy atom. The number of anilines is 1. The standard InChI is InChI=1S/C18H25N3OS/c22-16-3-1-2-15(12-16)20-6-8-21(9-7-20)18(23)19-17-11-13-4-5-14(17)10-13/h1-3,12-14,17,22H,4-11H2,(H,19,23)/t13-,14+,17-/m0/s1. The fourth-order valence-electron chi connectivity index (χ4n) is 4.53. The number of phenols is 1. The van der Waals surface area contributed by atoms with Crippen molar-refractivity contribution in [1.29, 1.82) is 0 Å². The Balaban J connectivity index is 1.30. The van der Waals surface area contributed by atoms with Crippen LogP contribution in [-0.2, 0) is 0 Å². The van der Waals surface area contributed by atoms with Gasteiger partial charge in [0.2, 0.25) is 0 Å². The molecule has 3 fully saturated rings. The molecule has 23 heavy (non-hydrogen) atoms. The van der Waals surface area contributed by atoms with Gasteiger partial charge < -0.3 is 20.2 Å². The van der Waals surface area contributed by atoms with Gasteiger partial charge in [-0.15, -0.1) is 0 Å². The Kier molecular flexibility index (Phi) is 4.05. The molecule has 0 aromatic heterocycles. The Morgan fingerprint density at radius 2 is 1.96 bits per heavy atom. The molecule has 0 unspecified atom stereocenters. The van der Waals surface area contributed by atoms with Gasteiger partial charge in [0.1, 0.15) is 5.75 Å². The summed E-state index contributed by atoms with van der Waals surface area (Å²) in [4.78, 5) is 4.62. The van der Waals surface area contributed by atoms with E-state index in [9.17, 15) is 5.11 Å². The average molecular weight is 331 g/mol. The SMILES string of the molecule is Oc1cccc(N2CCN(C(=S)N[C@H]3C[C@H]4CC[C@@H]3C4)CC2)c1. The third-order valence-corrected chi connectivity index (χ3v) is 6.18. The largest absolute Gasteiger partial charge is 0.508 e. The summed E-state index contributed by atoms with van der Waals surface area (Å²) in [6.07, 6.45) is 5.54. The second-order valence-corrected chi connectivity index (χ2v) is 7.61. The molecule has 1 aromatic carbocycles. The lowest BCUT2D eigenvalue weighted by atomic mass is 9.95. The molecular weight excluding hydrogens is 306 g/mol. The van der Waals surface area contributed by atoms with Crippen LogP contribution in [0.15, 0.2) is 24.3 Å². The van der Waals surface area contributed by atoms with Crippen molar-refractivity contribution >= 4 is 23.0 Å². The summed E-state index contributed by atoms with van der Waals surface area (Å²) in [5.74, 6) is 2.13. The van der Waals surface area contributed by atoms with Crippen LogP contribution < -0.4 is 10.2 Å². The Labute approximate surface area is 143 Å². The fraction of sp³-hybridized carbons (Fsp3) is 0.611. The first-order valence-corrected chi connectivity index (χ1v) is 9.19. The molecule has 1 aromatic rings. The second-order valence-electron chi connectivity index (χ2n) is 7.22. The van der Waals surface area contributed by atoms with Gasteiger partial charge in [0, 0.05) is 44.0 Å². The molecule has 2 bridgehead atoms. The van der Waals surface area contributed by atoms with Gasteiger partial charge >= 0.3 is 0 Å². The number of thiocarbonyl (C=S) groups is 1. The van der Waals surface area contributed by atoms with Crippen LogP contribution >= 0.6 is 12.2 Å². The van der Waals surface area contributed by atoms with Crippen LogP contribution in [0.4, 0.5) is 5.69 Å². The summed E-state index contributed by atoms with van der Waals surface area (Å²) in [6, 6.07) is 8.13. The van der Waals surface area contributed by atoms with Gasteiger partial charge in [-0.3, -0.25) is 0 Å². The highest BCUT2D eigenvalue weighted by Crippen LogP contribution is 2.44. The molecular formula is C18H25N3OS. The normalized spacial score (nSPS) is 29.8. The van der Waals surface area contributed by atoms with Crippen molar-refractivity contribution in [2.45, 2.75) is 31.7 Å². The molecule has 3 atom stereocenters. The van der Waals surface area contributed by atoms with Crippen molar-refractivity contribution in [3.63, 3.8) is 0 Å². The minimum absolute atomic E-state index is 0.332. The monoisotopic (exact) mass is 331 g/mol. The highest BCUT2D eigenvalue weighted by molar-refractivity contribution is 7.80. The van der Waals surface area contributed by atoms with Gasteiger partial charge in [-0.2, -0.15) is 0 Å². The van der Waals surface area contributed by atoms with Gasteiger partial charge in [0.25, 0.3) is 0 Å². The Morgan fingerprint density at radius 1 is 1.13 bits per heavy atom. The number of piperazine rings is 1. The van der Waals surface area contributed by atoms with Crippen LogP contribution in [0.5, 0.6) is 5.75 Å². The maximum atomic E-state index is 9.63. The maximum absolute atomic E-state index is 9.63. The molecule has 4 nitrogen and oxygen atoms in total. The molecule has 2 aliphatic carbocycles. The number of benzene rings is 1. The molecule has 1 saturated heterocycles. The molecule has 2 saturated carbocycles. The van der Waals surface area contributed by atoms with E-state index in [-0.39, 0.29) is 0 Å². The van der Waals surface area contributed by atoms with Crippen molar-refractivity contribution in [3.05, 3.63) is 24.3 Å². The number of fused-ring (bicyclic) bond motifs is 2. The smallest absolute Gasteiger partial charge is 0.169 e. The third-order valence-electron chi connectivity index (χ3n) is 5.81. The van der Waals surface area contributed by atoms with E-state index in [1.54, 1.807) is 6.07 Å². The van der Waals surface area contributed by atoms with E-state index in [4.69, 9.17) is 12.2 Å². The molecule has 0 spiro atoms. The predicted molar refractivity (Wildman–Crippen MR) is 96.9 cm³/mol. The van der Waals surface area contributed by atoms with Gasteiger partial charge in [-0.1, -0.05) is 12.5 Å². The Bertz CT molecular complexity index is 585. The summed E-state index contributed by atoms with van der Waals surface area (Å²) < 4.78 is 0. The van der Waals surface area contributed by atoms with E-state index in [0.717, 1.165) is 48.8 Å². The minimum Gasteiger partial charge on any atom is -0.508 e. The van der Waals surface area contributed by atoms with Crippen LogP contribution in [0.1, 0.15) is 25.7 Å². The van der Waals surface area contributed by atoms with Crippen molar-refractivity contribution in [2.24, 2.45) is 11.8 Å². The number of phenolic OH excluding ortho intramolecular Hbond substituents is 1. The molecule has 1 aliphatic heterocycles. The van der Waals surface area contributed by atoms with Crippen molar-refractivity contribution in [3.8, 4) is 5.75 Å². The minimum atomic E-state index is 0.332. The van der Waals surface area contributed by atoms with Crippen LogP contribution in [0.25, 0.3) is 0 Å². The van der Waals surface area contributed by atoms with E-state index >= 15 is 0 Å². The summed E-state index contributed by atoms with van der Waals surface area (Å²) in [7, 11) is 0. The van der Waals surface area contributed by atoms with Crippen molar-refractivity contribution < 1.29 is 5.11 Å². The van der Waals surface area contributed by atoms with E-state index < -0.39 is 0 Å². The zero-order valence-corrected chi connectivity index (χ0v) is 14.3. The molecule has 124 valence electrons. The zero-order valence-electron chi connectivity index (χ0n) is 13.4. The highest BCUT2D eigenvalue weighted by Gasteiger charge is 2.40. The first-order chi connectivity index (χ1) is 11.2. The molecule has 1 heterocycles. The number of hydrogen-bond acceptors (Lipinski definition) is 3. The summed E-state index contributed by atoms with van der Waals surface area (Å²) >= 11 is 5.66. The van der Waals surface area contributed by atoms with Gasteiger partial charge in [0.15, 0.2) is 5.11 Å². The molecule has 4 rings (SSSR count). The lowest BCUT2D eigenvalue weighted by Gasteiger charge is -2.38. The number of hydrogen-bond donors (Lipinski definition) is 2. The predicted octanol–water partition coefficient (Wildman–Crippen LogP) is 2.58. The number of aromatic hydroxyl groups is 1. The highest BCUT2D eigenvalue weighted by atomic mass is 32.1. The molecule has 2 N–H and O–H groups in total. The van der Waals surface area contributed by atoms with Crippen LogP contribution in [0, 0.1) is 11.8 Å². The quantitative estimate of drug-likeness (QED) is 0.815. The van der Waals surface area contributed by atoms with E-state index in [1.165, 1.54) is 25.7 Å². The summed E-state index contributed by atoms with van der Waals surface area (Å²) in [5.41, 5.74) is 1.09. The van der Waals surface area contributed by atoms with Crippen LogP contribution in [-0.4, -0.2) is 47.3 Å². The second kappa shape index (κ2) is 6.19. The maximum Gasteiger partial charge on any atom is 0.169 e. The lowest BCUT2D eigenvalue weighted by molar-refractivity contribution is 0.345. The zero-order chi connectivity index (χ0) is 15.8. The lowest BCUT2D eigenvalue weighted by Crippen LogP contribution is -2.54. The molecule has 5 heteroatoms. The summed E-state index contributed by atoms with van der Waals surface area (Å²) in [5, 5.41) is 14.2.